The van der Waals surface area contributed by atoms with Gasteiger partial charge in [-0.05, 0) is 56.4 Å². The number of fused-ring (bicyclic) bond motifs is 1. The molecule has 6 heteroatoms. The molecule has 0 bridgehead atoms. The van der Waals surface area contributed by atoms with Crippen LogP contribution < -0.4 is 10.2 Å². The summed E-state index contributed by atoms with van der Waals surface area (Å²) in [5, 5.41) is 14.0. The van der Waals surface area contributed by atoms with Crippen LogP contribution >= 0.6 is 0 Å². The lowest BCUT2D eigenvalue weighted by Gasteiger charge is -2.29. The maximum Gasteiger partial charge on any atom is 0.227 e. The Morgan fingerprint density at radius 2 is 1.83 bits per heavy atom. The second-order valence-electron chi connectivity index (χ2n) is 6.74. The van der Waals surface area contributed by atoms with Crippen LogP contribution in [0.1, 0.15) is 37.1 Å². The highest BCUT2D eigenvalue weighted by atomic mass is 16.1. The summed E-state index contributed by atoms with van der Waals surface area (Å²) in [4.78, 5) is 14.9. The standard InChI is InChI=1S/C18H23N5O/c24-18(13-4-9-16-17(12-13)21-22-20-16)19-14-5-7-15(8-6-14)23-10-2-1-3-11-23/h5-8,13H,1-4,9-12H2,(H,19,24)(H,20,21,22). The molecule has 1 atom stereocenters. The third kappa shape index (κ3) is 3.13. The van der Waals surface area contributed by atoms with Crippen LogP contribution in [0.15, 0.2) is 24.3 Å². The van der Waals surface area contributed by atoms with Crippen LogP contribution in [-0.2, 0) is 17.6 Å². The molecule has 0 saturated carbocycles. The van der Waals surface area contributed by atoms with Crippen LogP contribution in [0.25, 0.3) is 0 Å². The number of carbonyl (C=O) groups is 1. The van der Waals surface area contributed by atoms with Gasteiger partial charge in [-0.15, -0.1) is 0 Å². The number of aryl methyl sites for hydroxylation is 1. The van der Waals surface area contributed by atoms with Gasteiger partial charge in [0.15, 0.2) is 0 Å². The Balaban J connectivity index is 1.37. The lowest BCUT2D eigenvalue weighted by atomic mass is 9.89. The SMILES string of the molecule is O=C(Nc1ccc(N2CCCCC2)cc1)C1CCc2n[nH]nc2C1. The fourth-order valence-electron chi connectivity index (χ4n) is 3.66. The van der Waals surface area contributed by atoms with Crippen molar-refractivity contribution in [2.45, 2.75) is 38.5 Å². The van der Waals surface area contributed by atoms with Crippen molar-refractivity contribution in [2.24, 2.45) is 5.92 Å². The van der Waals surface area contributed by atoms with E-state index in [0.29, 0.717) is 6.42 Å². The van der Waals surface area contributed by atoms with Crippen molar-refractivity contribution >= 4 is 17.3 Å². The molecule has 1 unspecified atom stereocenters. The lowest BCUT2D eigenvalue weighted by Crippen LogP contribution is -2.29. The molecule has 126 valence electrons. The van der Waals surface area contributed by atoms with Crippen molar-refractivity contribution in [3.8, 4) is 0 Å². The van der Waals surface area contributed by atoms with Crippen molar-refractivity contribution in [1.29, 1.82) is 0 Å². The number of carbonyl (C=O) groups excluding carboxylic acids is 1. The average molecular weight is 325 g/mol. The van der Waals surface area contributed by atoms with Gasteiger partial charge >= 0.3 is 0 Å². The summed E-state index contributed by atoms with van der Waals surface area (Å²) >= 11 is 0. The van der Waals surface area contributed by atoms with Crippen LogP contribution in [0.2, 0.25) is 0 Å². The third-order valence-corrected chi connectivity index (χ3v) is 5.10. The second kappa shape index (κ2) is 6.63. The normalized spacial score (nSPS) is 20.5. The van der Waals surface area contributed by atoms with Crippen LogP contribution in [0, 0.1) is 5.92 Å². The number of nitrogens with zero attached hydrogens (tertiary/aromatic N) is 3. The monoisotopic (exact) mass is 325 g/mol. The summed E-state index contributed by atoms with van der Waals surface area (Å²) in [6.45, 7) is 2.27. The molecule has 1 fully saturated rings. The minimum Gasteiger partial charge on any atom is -0.372 e. The molecule has 24 heavy (non-hydrogen) atoms. The van der Waals surface area contributed by atoms with Crippen molar-refractivity contribution < 1.29 is 4.79 Å². The first-order valence-electron chi connectivity index (χ1n) is 8.84. The first-order chi connectivity index (χ1) is 11.8. The minimum absolute atomic E-state index is 0.0237. The number of rotatable bonds is 3. The second-order valence-corrected chi connectivity index (χ2v) is 6.74. The molecule has 0 spiro atoms. The number of H-pyrrole nitrogens is 1. The number of amides is 1. The third-order valence-electron chi connectivity index (χ3n) is 5.10. The van der Waals surface area contributed by atoms with Gasteiger partial charge in [0.2, 0.25) is 5.91 Å². The van der Waals surface area contributed by atoms with Gasteiger partial charge < -0.3 is 10.2 Å². The Morgan fingerprint density at radius 3 is 2.62 bits per heavy atom. The molecular formula is C18H23N5O. The van der Waals surface area contributed by atoms with Crippen molar-refractivity contribution in [1.82, 2.24) is 15.4 Å². The van der Waals surface area contributed by atoms with Crippen molar-refractivity contribution in [3.63, 3.8) is 0 Å². The Labute approximate surface area is 141 Å². The number of aromatic nitrogens is 3. The maximum atomic E-state index is 12.5. The number of nitrogens with one attached hydrogen (secondary N) is 2. The Kier molecular flexibility index (Phi) is 4.19. The van der Waals surface area contributed by atoms with E-state index >= 15 is 0 Å². The zero-order valence-electron chi connectivity index (χ0n) is 13.8. The lowest BCUT2D eigenvalue weighted by molar-refractivity contribution is -0.120. The molecule has 1 saturated heterocycles. The van der Waals surface area contributed by atoms with Gasteiger partial charge in [0.25, 0.3) is 0 Å². The van der Waals surface area contributed by atoms with Gasteiger partial charge in [-0.1, -0.05) is 0 Å². The van der Waals surface area contributed by atoms with E-state index in [1.54, 1.807) is 0 Å². The molecule has 2 heterocycles. The quantitative estimate of drug-likeness (QED) is 0.909. The summed E-state index contributed by atoms with van der Waals surface area (Å²) in [5.74, 6) is 0.0544. The maximum absolute atomic E-state index is 12.5. The zero-order valence-corrected chi connectivity index (χ0v) is 13.8. The minimum atomic E-state index is -0.0237. The molecule has 2 aliphatic rings. The van der Waals surface area contributed by atoms with Gasteiger partial charge in [0, 0.05) is 36.8 Å². The summed E-state index contributed by atoms with van der Waals surface area (Å²) in [7, 11) is 0. The van der Waals surface area contributed by atoms with E-state index in [9.17, 15) is 4.79 Å². The van der Waals surface area contributed by atoms with E-state index < -0.39 is 0 Å². The van der Waals surface area contributed by atoms with Crippen LogP contribution in [-0.4, -0.2) is 34.4 Å². The number of benzene rings is 1. The van der Waals surface area contributed by atoms with Gasteiger partial charge in [-0.25, -0.2) is 0 Å². The number of anilines is 2. The van der Waals surface area contributed by atoms with E-state index in [4.69, 9.17) is 0 Å². The summed E-state index contributed by atoms with van der Waals surface area (Å²) in [6.07, 6.45) is 6.19. The molecule has 1 aromatic carbocycles. The van der Waals surface area contributed by atoms with Gasteiger partial charge in [-0.2, -0.15) is 15.4 Å². The van der Waals surface area contributed by atoms with E-state index in [1.165, 1.54) is 24.9 Å². The van der Waals surface area contributed by atoms with Crippen molar-refractivity contribution in [3.05, 3.63) is 35.7 Å². The fraction of sp³-hybridized carbons (Fsp3) is 0.500. The number of hydrogen-bond donors (Lipinski definition) is 2. The predicted molar refractivity (Wildman–Crippen MR) is 93.0 cm³/mol. The summed E-state index contributed by atoms with van der Waals surface area (Å²) < 4.78 is 0. The van der Waals surface area contributed by atoms with Crippen LogP contribution in [0.5, 0.6) is 0 Å². The summed E-state index contributed by atoms with van der Waals surface area (Å²) in [5.41, 5.74) is 4.05. The molecule has 1 aliphatic heterocycles. The number of piperidine rings is 1. The van der Waals surface area contributed by atoms with E-state index in [-0.39, 0.29) is 11.8 Å². The van der Waals surface area contributed by atoms with Crippen LogP contribution in [0.4, 0.5) is 11.4 Å². The number of hydrogen-bond acceptors (Lipinski definition) is 4. The fourth-order valence-corrected chi connectivity index (χ4v) is 3.66. The topological polar surface area (TPSA) is 73.9 Å². The average Bonchev–Trinajstić information content (AvgIpc) is 3.11. The first kappa shape index (κ1) is 15.2. The Bertz CT molecular complexity index is 702. The van der Waals surface area contributed by atoms with Crippen LogP contribution in [0.3, 0.4) is 0 Å². The highest BCUT2D eigenvalue weighted by molar-refractivity contribution is 5.93. The molecule has 1 amide bonds. The molecule has 4 rings (SSSR count). The van der Waals surface area contributed by atoms with Gasteiger partial charge in [0.1, 0.15) is 0 Å². The number of aromatic amines is 1. The van der Waals surface area contributed by atoms with E-state index in [1.807, 2.05) is 12.1 Å². The van der Waals surface area contributed by atoms with Crippen molar-refractivity contribution in [2.75, 3.05) is 23.3 Å². The molecule has 2 N–H and O–H groups in total. The Morgan fingerprint density at radius 1 is 1.08 bits per heavy atom. The molecule has 6 nitrogen and oxygen atoms in total. The largest absolute Gasteiger partial charge is 0.372 e. The van der Waals surface area contributed by atoms with Gasteiger partial charge in [0.05, 0.1) is 11.4 Å². The summed E-state index contributed by atoms with van der Waals surface area (Å²) in [6, 6.07) is 8.23. The smallest absolute Gasteiger partial charge is 0.227 e. The molecular weight excluding hydrogens is 302 g/mol. The zero-order chi connectivity index (χ0) is 16.4. The van der Waals surface area contributed by atoms with E-state index in [2.05, 4.69) is 37.8 Å². The molecule has 0 radical (unpaired) electrons. The van der Waals surface area contributed by atoms with E-state index in [0.717, 1.165) is 43.0 Å². The predicted octanol–water partition coefficient (Wildman–Crippen LogP) is 2.54. The first-order valence-corrected chi connectivity index (χ1v) is 8.84. The highest BCUT2D eigenvalue weighted by Gasteiger charge is 2.27. The van der Waals surface area contributed by atoms with Gasteiger partial charge in [-0.3, -0.25) is 4.79 Å². The molecule has 1 aromatic heterocycles. The Hall–Kier alpha value is -2.37. The molecule has 2 aromatic rings. The molecule has 1 aliphatic carbocycles. The highest BCUT2D eigenvalue weighted by Crippen LogP contribution is 2.25.